The molecule has 1 aromatic carbocycles. The summed E-state index contributed by atoms with van der Waals surface area (Å²) in [6.45, 7) is 6.67. The number of thioether (sulfide) groups is 1. The Hall–Kier alpha value is -3.18. The third-order valence-corrected chi connectivity index (χ3v) is 5.54. The van der Waals surface area contributed by atoms with Gasteiger partial charge in [-0.25, -0.2) is 4.98 Å². The summed E-state index contributed by atoms with van der Waals surface area (Å²) in [5.41, 5.74) is 0.664. The number of hydrogen-bond donors (Lipinski definition) is 2. The van der Waals surface area contributed by atoms with Crippen LogP contribution in [0.2, 0.25) is 0 Å². The number of amides is 2. The molecule has 0 unspecified atom stereocenters. The molecule has 0 spiro atoms. The number of nitrogens with zero attached hydrogens (tertiary/aromatic N) is 4. The zero-order valence-electron chi connectivity index (χ0n) is 16.9. The van der Waals surface area contributed by atoms with E-state index in [1.165, 1.54) is 23.1 Å². The van der Waals surface area contributed by atoms with E-state index in [1.54, 1.807) is 46.5 Å². The van der Waals surface area contributed by atoms with Gasteiger partial charge in [0.05, 0.1) is 18.8 Å². The van der Waals surface area contributed by atoms with Gasteiger partial charge in [-0.1, -0.05) is 17.8 Å². The number of carbonyl (C=O) groups is 2. The summed E-state index contributed by atoms with van der Waals surface area (Å²) >= 11 is 2.58. The van der Waals surface area contributed by atoms with E-state index >= 15 is 0 Å². The first-order valence-electron chi connectivity index (χ1n) is 9.47. The second kappa shape index (κ2) is 11.3. The van der Waals surface area contributed by atoms with E-state index in [2.05, 4.69) is 32.4 Å². The molecule has 0 saturated heterocycles. The predicted molar refractivity (Wildman–Crippen MR) is 122 cm³/mol. The van der Waals surface area contributed by atoms with E-state index in [0.717, 1.165) is 5.75 Å². The number of rotatable bonds is 11. The Balaban J connectivity index is 1.59. The van der Waals surface area contributed by atoms with Gasteiger partial charge >= 0.3 is 0 Å². The summed E-state index contributed by atoms with van der Waals surface area (Å²) in [5.74, 6) is 0.966. The smallest absolute Gasteiger partial charge is 0.236 e. The highest BCUT2D eigenvalue weighted by Crippen LogP contribution is 2.20. The minimum atomic E-state index is -0.222. The Morgan fingerprint density at radius 1 is 1.23 bits per heavy atom. The molecular weight excluding hydrogens is 436 g/mol. The molecule has 0 aliphatic carbocycles. The van der Waals surface area contributed by atoms with Crippen LogP contribution in [0, 0.1) is 0 Å². The molecule has 3 aromatic rings. The molecule has 3 rings (SSSR count). The Morgan fingerprint density at radius 3 is 2.71 bits per heavy atom. The van der Waals surface area contributed by atoms with Crippen molar-refractivity contribution in [2.45, 2.75) is 25.0 Å². The topological polar surface area (TPSA) is 111 Å². The molecule has 2 aromatic heterocycles. The molecule has 0 atom stereocenters. The quantitative estimate of drug-likeness (QED) is 0.335. The van der Waals surface area contributed by atoms with E-state index in [1.807, 2.05) is 6.92 Å². The maximum Gasteiger partial charge on any atom is 0.236 e. The van der Waals surface area contributed by atoms with Gasteiger partial charge in [-0.3, -0.25) is 9.59 Å². The fourth-order valence-corrected chi connectivity index (χ4v) is 3.90. The molecule has 31 heavy (non-hydrogen) atoms. The second-order valence-electron chi connectivity index (χ2n) is 6.15. The molecule has 0 aliphatic heterocycles. The number of carbonyl (C=O) groups excluding carboxylic acids is 2. The van der Waals surface area contributed by atoms with Crippen LogP contribution in [0.1, 0.15) is 12.7 Å². The van der Waals surface area contributed by atoms with Gasteiger partial charge in [-0.05, 0) is 31.2 Å². The first-order valence-corrected chi connectivity index (χ1v) is 11.3. The Kier molecular flexibility index (Phi) is 8.19. The Bertz CT molecular complexity index is 1020. The molecular formula is C20H22N6O3S2. The van der Waals surface area contributed by atoms with Gasteiger partial charge in [-0.15, -0.1) is 28.1 Å². The van der Waals surface area contributed by atoms with Crippen LogP contribution < -0.4 is 15.4 Å². The van der Waals surface area contributed by atoms with Crippen LogP contribution in [0.15, 0.2) is 53.7 Å². The average Bonchev–Trinajstić information content (AvgIpc) is 3.39. The third kappa shape index (κ3) is 6.66. The highest BCUT2D eigenvalue weighted by atomic mass is 32.2. The maximum atomic E-state index is 12.5. The molecule has 0 saturated carbocycles. The van der Waals surface area contributed by atoms with Gasteiger partial charge in [-0.2, -0.15) is 0 Å². The van der Waals surface area contributed by atoms with Gasteiger partial charge < -0.3 is 19.9 Å². The van der Waals surface area contributed by atoms with Crippen LogP contribution in [0.4, 0.5) is 10.8 Å². The average molecular weight is 459 g/mol. The van der Waals surface area contributed by atoms with Crippen molar-refractivity contribution in [2.24, 2.45) is 0 Å². The number of anilines is 2. The number of benzene rings is 1. The third-order valence-electron chi connectivity index (χ3n) is 3.88. The SMILES string of the molecule is C=CCn1c(CC(=O)Nc2ccc(OCC)cc2)nnc1SCC(=O)Nc1nccs1. The lowest BCUT2D eigenvalue weighted by Crippen LogP contribution is -2.18. The van der Waals surface area contributed by atoms with Gasteiger partial charge in [0.1, 0.15) is 11.6 Å². The van der Waals surface area contributed by atoms with Crippen LogP contribution >= 0.6 is 23.1 Å². The van der Waals surface area contributed by atoms with Crippen LogP contribution in [0.25, 0.3) is 0 Å². The number of aromatic nitrogens is 4. The zero-order chi connectivity index (χ0) is 22.1. The summed E-state index contributed by atoms with van der Waals surface area (Å²) in [4.78, 5) is 28.6. The van der Waals surface area contributed by atoms with Gasteiger partial charge in [0.15, 0.2) is 10.3 Å². The fraction of sp³-hybridized carbons (Fsp3) is 0.250. The molecule has 162 valence electrons. The van der Waals surface area contributed by atoms with Crippen molar-refractivity contribution in [3.8, 4) is 5.75 Å². The molecule has 2 N–H and O–H groups in total. The normalized spacial score (nSPS) is 10.5. The molecule has 2 amide bonds. The monoisotopic (exact) mass is 458 g/mol. The fourth-order valence-electron chi connectivity index (χ4n) is 2.59. The minimum Gasteiger partial charge on any atom is -0.494 e. The number of nitrogens with one attached hydrogen (secondary N) is 2. The van der Waals surface area contributed by atoms with Crippen LogP contribution in [0.3, 0.4) is 0 Å². The molecule has 11 heteroatoms. The Morgan fingerprint density at radius 2 is 2.03 bits per heavy atom. The second-order valence-corrected chi connectivity index (χ2v) is 7.99. The standard InChI is InChI=1S/C20H22N6O3S2/c1-3-10-26-16(12-17(27)22-14-5-7-15(8-6-14)29-4-2)24-25-20(26)31-13-18(28)23-19-21-9-11-30-19/h3,5-9,11H,1,4,10,12-13H2,2H3,(H,22,27)(H,21,23,28). The maximum absolute atomic E-state index is 12.5. The molecule has 0 fully saturated rings. The van der Waals surface area contributed by atoms with Gasteiger partial charge in [0.2, 0.25) is 11.8 Å². The number of ether oxygens (including phenoxy) is 1. The van der Waals surface area contributed by atoms with Crippen molar-refractivity contribution in [1.82, 2.24) is 19.7 Å². The van der Waals surface area contributed by atoms with E-state index in [-0.39, 0.29) is 24.0 Å². The molecule has 0 bridgehead atoms. The number of hydrogen-bond acceptors (Lipinski definition) is 8. The van der Waals surface area contributed by atoms with Crippen LogP contribution in [-0.4, -0.2) is 43.9 Å². The van der Waals surface area contributed by atoms with Gasteiger partial charge in [0, 0.05) is 23.8 Å². The first-order chi connectivity index (χ1) is 15.1. The Labute approximate surface area is 187 Å². The first kappa shape index (κ1) is 22.5. The zero-order valence-corrected chi connectivity index (χ0v) is 18.5. The molecule has 0 aliphatic rings. The van der Waals surface area contributed by atoms with Crippen molar-refractivity contribution in [2.75, 3.05) is 23.0 Å². The lowest BCUT2D eigenvalue weighted by atomic mass is 10.3. The van der Waals surface area contributed by atoms with E-state index in [4.69, 9.17) is 4.74 Å². The summed E-state index contributed by atoms with van der Waals surface area (Å²) in [6.07, 6.45) is 3.36. The minimum absolute atomic E-state index is 0.0416. The number of allylic oxidation sites excluding steroid dienone is 1. The van der Waals surface area contributed by atoms with Crippen molar-refractivity contribution in [3.05, 3.63) is 54.3 Å². The predicted octanol–water partition coefficient (Wildman–Crippen LogP) is 3.23. The summed E-state index contributed by atoms with van der Waals surface area (Å²) < 4.78 is 7.17. The lowest BCUT2D eigenvalue weighted by Gasteiger charge is -2.09. The summed E-state index contributed by atoms with van der Waals surface area (Å²) in [5, 5.41) is 16.7. The molecule has 2 heterocycles. The van der Waals surface area contributed by atoms with Crippen molar-refractivity contribution in [1.29, 1.82) is 0 Å². The van der Waals surface area contributed by atoms with Crippen molar-refractivity contribution >= 4 is 45.7 Å². The molecule has 0 radical (unpaired) electrons. The van der Waals surface area contributed by atoms with Gasteiger partial charge in [0.25, 0.3) is 0 Å². The van der Waals surface area contributed by atoms with E-state index < -0.39 is 0 Å². The van der Waals surface area contributed by atoms with E-state index in [9.17, 15) is 9.59 Å². The van der Waals surface area contributed by atoms with Crippen molar-refractivity contribution < 1.29 is 14.3 Å². The molecule has 9 nitrogen and oxygen atoms in total. The summed E-state index contributed by atoms with van der Waals surface area (Å²) in [7, 11) is 0. The van der Waals surface area contributed by atoms with Crippen LogP contribution in [0.5, 0.6) is 5.75 Å². The largest absolute Gasteiger partial charge is 0.494 e. The lowest BCUT2D eigenvalue weighted by molar-refractivity contribution is -0.116. The summed E-state index contributed by atoms with van der Waals surface area (Å²) in [6, 6.07) is 7.15. The number of thiazole rings is 1. The highest BCUT2D eigenvalue weighted by Gasteiger charge is 2.16. The van der Waals surface area contributed by atoms with Crippen molar-refractivity contribution in [3.63, 3.8) is 0 Å². The van der Waals surface area contributed by atoms with Crippen LogP contribution in [-0.2, 0) is 22.6 Å². The highest BCUT2D eigenvalue weighted by molar-refractivity contribution is 7.99. The van der Waals surface area contributed by atoms with E-state index in [0.29, 0.717) is 35.0 Å².